The molecule has 1 aromatic rings. The van der Waals surface area contributed by atoms with E-state index < -0.39 is 17.8 Å². The van der Waals surface area contributed by atoms with E-state index in [1.54, 1.807) is 11.3 Å². The fourth-order valence-electron chi connectivity index (χ4n) is 5.74. The molecule has 1 heterocycles. The minimum atomic E-state index is -0.899. The summed E-state index contributed by atoms with van der Waals surface area (Å²) in [5.41, 5.74) is 7.06. The quantitative estimate of drug-likeness (QED) is 0.656. The molecule has 158 valence electrons. The zero-order valence-electron chi connectivity index (χ0n) is 17.3. The lowest BCUT2D eigenvalue weighted by Crippen LogP contribution is -2.48. The highest BCUT2D eigenvalue weighted by Gasteiger charge is 2.54. The van der Waals surface area contributed by atoms with Crippen LogP contribution < -0.4 is 10.9 Å². The Morgan fingerprint density at radius 2 is 1.76 bits per heavy atom. The normalized spacial score (nSPS) is 30.7. The Labute approximate surface area is 175 Å². The van der Waals surface area contributed by atoms with E-state index >= 15 is 0 Å². The van der Waals surface area contributed by atoms with Gasteiger partial charge in [0, 0.05) is 10.3 Å². The lowest BCUT2D eigenvalue weighted by molar-refractivity contribution is -0.149. The lowest BCUT2D eigenvalue weighted by Gasteiger charge is -2.34. The summed E-state index contributed by atoms with van der Waals surface area (Å²) in [7, 11) is 0. The first-order chi connectivity index (χ1) is 13.7. The van der Waals surface area contributed by atoms with Crippen LogP contribution in [0.25, 0.3) is 0 Å². The summed E-state index contributed by atoms with van der Waals surface area (Å²) in [5, 5.41) is 11.4. The first-order valence-corrected chi connectivity index (χ1v) is 11.5. The van der Waals surface area contributed by atoms with Crippen molar-refractivity contribution in [1.29, 1.82) is 0 Å². The van der Waals surface area contributed by atoms with Gasteiger partial charge in [-0.15, -0.1) is 11.3 Å². The van der Waals surface area contributed by atoms with Crippen LogP contribution in [0.1, 0.15) is 67.3 Å². The van der Waals surface area contributed by atoms with Gasteiger partial charge in [0.2, 0.25) is 5.91 Å². The Kier molecular flexibility index (Phi) is 5.21. The van der Waals surface area contributed by atoms with Gasteiger partial charge in [0.25, 0.3) is 5.91 Å². The summed E-state index contributed by atoms with van der Waals surface area (Å²) >= 11 is 1.62. The molecule has 2 fully saturated rings. The second kappa shape index (κ2) is 7.42. The third-order valence-corrected chi connectivity index (χ3v) is 8.48. The van der Waals surface area contributed by atoms with Gasteiger partial charge in [-0.2, -0.15) is 0 Å². The third kappa shape index (κ3) is 3.69. The molecule has 0 aliphatic heterocycles. The molecule has 3 N–H and O–H groups in total. The average Bonchev–Trinajstić information content (AvgIpc) is 3.37. The molecule has 0 radical (unpaired) electrons. The second-order valence-corrected chi connectivity index (χ2v) is 11.0. The van der Waals surface area contributed by atoms with Gasteiger partial charge in [0.05, 0.1) is 17.4 Å². The number of hydrazine groups is 1. The number of carbonyl (C=O) groups excluding carboxylic acids is 2. The molecule has 0 spiro atoms. The number of thiophene rings is 1. The van der Waals surface area contributed by atoms with Crippen LogP contribution in [0.15, 0.2) is 5.38 Å². The van der Waals surface area contributed by atoms with E-state index in [1.807, 2.05) is 5.38 Å². The van der Waals surface area contributed by atoms with Crippen LogP contribution in [0, 0.1) is 35.0 Å². The number of carbonyl (C=O) groups is 3. The number of carboxylic acids is 1. The van der Waals surface area contributed by atoms with E-state index in [1.165, 1.54) is 4.88 Å². The molecule has 0 saturated heterocycles. The van der Waals surface area contributed by atoms with Crippen LogP contribution in [0.2, 0.25) is 0 Å². The van der Waals surface area contributed by atoms with Gasteiger partial charge in [-0.1, -0.05) is 20.8 Å². The molecule has 2 saturated carbocycles. The molecule has 2 amide bonds. The van der Waals surface area contributed by atoms with E-state index in [-0.39, 0.29) is 29.1 Å². The Morgan fingerprint density at radius 3 is 2.41 bits per heavy atom. The van der Waals surface area contributed by atoms with Crippen molar-refractivity contribution < 1.29 is 19.5 Å². The maximum atomic E-state index is 12.7. The topological polar surface area (TPSA) is 95.5 Å². The van der Waals surface area contributed by atoms with Crippen LogP contribution >= 0.6 is 11.3 Å². The van der Waals surface area contributed by atoms with Crippen LogP contribution in [-0.4, -0.2) is 22.9 Å². The summed E-state index contributed by atoms with van der Waals surface area (Å²) in [6.07, 6.45) is 5.52. The first-order valence-electron chi connectivity index (χ1n) is 10.6. The van der Waals surface area contributed by atoms with E-state index in [0.717, 1.165) is 44.1 Å². The van der Waals surface area contributed by atoms with E-state index in [9.17, 15) is 19.5 Å². The monoisotopic (exact) mass is 418 g/mol. The molecule has 2 bridgehead atoms. The fourth-order valence-corrected chi connectivity index (χ4v) is 6.90. The standard InChI is InChI=1S/C22H30N2O4S/c1-22(2,3)13-6-7-14-15(10-29-16(14)9-13)19(25)23-24-20(26)17-11-4-5-12(8-11)18(17)21(27)28/h10-13,17-18H,4-9H2,1-3H3,(H,23,25)(H,24,26)(H,27,28)/t11-,12-,13+,17+,18+/m0/s1. The van der Waals surface area contributed by atoms with Crippen LogP contribution in [0.4, 0.5) is 0 Å². The molecule has 0 unspecified atom stereocenters. The predicted octanol–water partition coefficient (Wildman–Crippen LogP) is 3.41. The van der Waals surface area contributed by atoms with Crippen LogP contribution in [-0.2, 0) is 22.4 Å². The number of amides is 2. The van der Waals surface area contributed by atoms with Gasteiger partial charge in [-0.25, -0.2) is 0 Å². The predicted molar refractivity (Wildman–Crippen MR) is 110 cm³/mol. The Hall–Kier alpha value is -1.89. The molecule has 5 atom stereocenters. The molecular weight excluding hydrogens is 388 g/mol. The summed E-state index contributed by atoms with van der Waals surface area (Å²) in [6.45, 7) is 6.79. The van der Waals surface area contributed by atoms with Gasteiger partial charge < -0.3 is 5.11 Å². The molecule has 6 nitrogen and oxygen atoms in total. The van der Waals surface area contributed by atoms with Crippen molar-refractivity contribution in [2.75, 3.05) is 0 Å². The van der Waals surface area contributed by atoms with Crippen LogP contribution in [0.3, 0.4) is 0 Å². The second-order valence-electron chi connectivity index (χ2n) is 10.0. The fraction of sp³-hybridized carbons (Fsp3) is 0.682. The average molecular weight is 419 g/mol. The summed E-state index contributed by atoms with van der Waals surface area (Å²) in [5.74, 6) is -1.94. The van der Waals surface area contributed by atoms with Crippen LogP contribution in [0.5, 0.6) is 0 Å². The number of aliphatic carboxylic acids is 1. The van der Waals surface area contributed by atoms with E-state index in [2.05, 4.69) is 31.6 Å². The van der Waals surface area contributed by atoms with Crippen molar-refractivity contribution in [2.45, 2.75) is 59.3 Å². The SMILES string of the molecule is CC(C)(C)[C@@H]1CCc2c(C(=O)NNC(=O)[C@@H]3[C@H]4CC[C@@H](C4)[C@H]3C(=O)O)csc2C1. The van der Waals surface area contributed by atoms with E-state index in [4.69, 9.17) is 0 Å². The molecule has 29 heavy (non-hydrogen) atoms. The zero-order valence-corrected chi connectivity index (χ0v) is 18.1. The minimum Gasteiger partial charge on any atom is -0.481 e. The van der Waals surface area contributed by atoms with Gasteiger partial charge in [-0.3, -0.25) is 25.2 Å². The number of carboxylic acid groups (broad SMARTS) is 1. The maximum absolute atomic E-state index is 12.7. The molecule has 4 rings (SSSR count). The lowest BCUT2D eigenvalue weighted by atomic mass is 9.72. The van der Waals surface area contributed by atoms with Gasteiger partial charge >= 0.3 is 5.97 Å². The van der Waals surface area contributed by atoms with Crippen molar-refractivity contribution in [3.05, 3.63) is 21.4 Å². The van der Waals surface area contributed by atoms with Crippen molar-refractivity contribution in [1.82, 2.24) is 10.9 Å². The van der Waals surface area contributed by atoms with Crippen molar-refractivity contribution in [3.8, 4) is 0 Å². The summed E-state index contributed by atoms with van der Waals surface area (Å²) < 4.78 is 0. The highest BCUT2D eigenvalue weighted by Crippen LogP contribution is 2.52. The molecule has 3 aliphatic rings. The van der Waals surface area contributed by atoms with Crippen molar-refractivity contribution in [3.63, 3.8) is 0 Å². The number of rotatable bonds is 3. The van der Waals surface area contributed by atoms with E-state index in [0.29, 0.717) is 11.5 Å². The number of fused-ring (bicyclic) bond motifs is 3. The minimum absolute atomic E-state index is 0.0867. The smallest absolute Gasteiger partial charge is 0.307 e. The molecule has 7 heteroatoms. The largest absolute Gasteiger partial charge is 0.481 e. The molecule has 3 aliphatic carbocycles. The van der Waals surface area contributed by atoms with Gasteiger partial charge in [0.1, 0.15) is 0 Å². The number of nitrogens with one attached hydrogen (secondary N) is 2. The zero-order chi connectivity index (χ0) is 20.9. The maximum Gasteiger partial charge on any atom is 0.307 e. The molecule has 0 aromatic carbocycles. The highest BCUT2D eigenvalue weighted by atomic mass is 32.1. The molecule has 1 aromatic heterocycles. The van der Waals surface area contributed by atoms with Crippen molar-refractivity contribution >= 4 is 29.1 Å². The van der Waals surface area contributed by atoms with Gasteiger partial charge in [0.15, 0.2) is 0 Å². The Morgan fingerprint density at radius 1 is 1.07 bits per heavy atom. The first kappa shape index (κ1) is 20.4. The number of hydrogen-bond acceptors (Lipinski definition) is 4. The number of hydrogen-bond donors (Lipinski definition) is 3. The Bertz CT molecular complexity index is 840. The summed E-state index contributed by atoms with van der Waals surface area (Å²) in [6, 6.07) is 0. The highest BCUT2D eigenvalue weighted by molar-refractivity contribution is 7.10. The van der Waals surface area contributed by atoms with Crippen molar-refractivity contribution in [2.24, 2.45) is 35.0 Å². The van der Waals surface area contributed by atoms with Gasteiger partial charge in [-0.05, 0) is 67.3 Å². The third-order valence-electron chi connectivity index (χ3n) is 7.43. The molecular formula is C22H30N2O4S. The summed E-state index contributed by atoms with van der Waals surface area (Å²) in [4.78, 5) is 38.3. The Balaban J connectivity index is 1.39.